The Morgan fingerprint density at radius 2 is 2.11 bits per heavy atom. The first-order valence-electron chi connectivity index (χ1n) is 5.73. The van der Waals surface area contributed by atoms with Gasteiger partial charge in [0.05, 0.1) is 0 Å². The van der Waals surface area contributed by atoms with E-state index in [0.717, 1.165) is 5.56 Å². The Morgan fingerprint density at radius 3 is 2.74 bits per heavy atom. The quantitative estimate of drug-likeness (QED) is 0.917. The van der Waals surface area contributed by atoms with Crippen molar-refractivity contribution in [2.75, 3.05) is 0 Å². The third-order valence-corrected chi connectivity index (χ3v) is 2.93. The first-order valence-corrected chi connectivity index (χ1v) is 6.11. The smallest absolute Gasteiger partial charge is 0.371 e. The molecule has 19 heavy (non-hydrogen) atoms. The molecule has 0 saturated carbocycles. The van der Waals surface area contributed by atoms with Gasteiger partial charge in [-0.3, -0.25) is 0 Å². The molecule has 0 aliphatic heterocycles. The van der Waals surface area contributed by atoms with Gasteiger partial charge in [-0.1, -0.05) is 17.7 Å². The Morgan fingerprint density at radius 1 is 1.37 bits per heavy atom. The van der Waals surface area contributed by atoms with E-state index < -0.39 is 12.1 Å². The lowest BCUT2D eigenvalue weighted by Gasteiger charge is -2.14. The molecule has 1 unspecified atom stereocenters. The number of rotatable bonds is 4. The summed E-state index contributed by atoms with van der Waals surface area (Å²) in [7, 11) is 0. The van der Waals surface area contributed by atoms with E-state index in [1.807, 2.05) is 13.0 Å². The molecule has 1 aromatic heterocycles. The van der Waals surface area contributed by atoms with Crippen LogP contribution in [0.5, 0.6) is 5.75 Å². The van der Waals surface area contributed by atoms with Crippen molar-refractivity contribution in [2.45, 2.75) is 20.0 Å². The summed E-state index contributed by atoms with van der Waals surface area (Å²) in [5, 5.41) is 9.38. The average molecular weight is 281 g/mol. The second kappa shape index (κ2) is 5.36. The number of carboxylic acids is 1. The summed E-state index contributed by atoms with van der Waals surface area (Å²) in [6, 6.07) is 8.35. The zero-order valence-corrected chi connectivity index (χ0v) is 11.3. The first kappa shape index (κ1) is 13.5. The first-order chi connectivity index (χ1) is 8.97. The number of hydrogen-bond acceptors (Lipinski definition) is 3. The van der Waals surface area contributed by atoms with Crippen molar-refractivity contribution in [2.24, 2.45) is 0 Å². The van der Waals surface area contributed by atoms with Crippen LogP contribution in [-0.2, 0) is 0 Å². The van der Waals surface area contributed by atoms with E-state index in [9.17, 15) is 4.79 Å². The molecule has 2 rings (SSSR count). The van der Waals surface area contributed by atoms with Crippen LogP contribution >= 0.6 is 11.6 Å². The maximum atomic E-state index is 10.7. The molecule has 0 aliphatic carbocycles. The van der Waals surface area contributed by atoms with Crippen LogP contribution in [0.1, 0.15) is 34.9 Å². The number of halogens is 1. The minimum Gasteiger partial charge on any atom is -0.482 e. The van der Waals surface area contributed by atoms with Crippen molar-refractivity contribution in [3.63, 3.8) is 0 Å². The summed E-state index contributed by atoms with van der Waals surface area (Å²) >= 11 is 5.91. The van der Waals surface area contributed by atoms with Crippen LogP contribution in [0.4, 0.5) is 0 Å². The van der Waals surface area contributed by atoms with Gasteiger partial charge in [-0.2, -0.15) is 0 Å². The van der Waals surface area contributed by atoms with E-state index >= 15 is 0 Å². The number of carbonyl (C=O) groups is 1. The summed E-state index contributed by atoms with van der Waals surface area (Å²) in [5.41, 5.74) is 0.946. The molecule has 0 radical (unpaired) electrons. The van der Waals surface area contributed by atoms with Gasteiger partial charge in [0.2, 0.25) is 5.76 Å². The van der Waals surface area contributed by atoms with Crippen LogP contribution in [0, 0.1) is 6.92 Å². The fourth-order valence-electron chi connectivity index (χ4n) is 1.64. The zero-order valence-electron chi connectivity index (χ0n) is 10.5. The van der Waals surface area contributed by atoms with Crippen LogP contribution < -0.4 is 4.74 Å². The van der Waals surface area contributed by atoms with E-state index in [1.165, 1.54) is 6.07 Å². The van der Waals surface area contributed by atoms with Crippen LogP contribution in [-0.4, -0.2) is 11.1 Å². The van der Waals surface area contributed by atoms with E-state index in [2.05, 4.69) is 0 Å². The minimum absolute atomic E-state index is 0.103. The highest BCUT2D eigenvalue weighted by Gasteiger charge is 2.16. The molecule has 1 aromatic carbocycles. The predicted octanol–water partition coefficient (Wildman–Crippen LogP) is 4.08. The molecule has 100 valence electrons. The van der Waals surface area contributed by atoms with Crippen molar-refractivity contribution in [1.29, 1.82) is 0 Å². The van der Waals surface area contributed by atoms with Crippen molar-refractivity contribution < 1.29 is 19.1 Å². The number of furan rings is 1. The molecule has 0 saturated heterocycles. The predicted molar refractivity (Wildman–Crippen MR) is 70.9 cm³/mol. The van der Waals surface area contributed by atoms with Gasteiger partial charge in [-0.25, -0.2) is 4.79 Å². The summed E-state index contributed by atoms with van der Waals surface area (Å²) in [6.45, 7) is 3.69. The van der Waals surface area contributed by atoms with E-state index in [-0.39, 0.29) is 5.76 Å². The Labute approximate surface area is 115 Å². The largest absolute Gasteiger partial charge is 0.482 e. The fraction of sp³-hybridized carbons (Fsp3) is 0.214. The van der Waals surface area contributed by atoms with Crippen molar-refractivity contribution in [1.82, 2.24) is 0 Å². The summed E-state index contributed by atoms with van der Waals surface area (Å²) < 4.78 is 10.9. The van der Waals surface area contributed by atoms with Gasteiger partial charge in [-0.05, 0) is 43.7 Å². The molecular formula is C14H13ClO4. The van der Waals surface area contributed by atoms with E-state index in [1.54, 1.807) is 25.1 Å². The second-order valence-electron chi connectivity index (χ2n) is 4.18. The van der Waals surface area contributed by atoms with Gasteiger partial charge in [0.1, 0.15) is 11.5 Å². The summed E-state index contributed by atoms with van der Waals surface area (Å²) in [6.07, 6.45) is -0.398. The Balaban J connectivity index is 2.17. The van der Waals surface area contributed by atoms with Crippen molar-refractivity contribution in [3.8, 4) is 5.75 Å². The molecule has 0 bridgehead atoms. The maximum absolute atomic E-state index is 10.7. The highest BCUT2D eigenvalue weighted by atomic mass is 35.5. The Kier molecular flexibility index (Phi) is 3.81. The number of aryl methyl sites for hydroxylation is 1. The third-order valence-electron chi connectivity index (χ3n) is 2.69. The monoisotopic (exact) mass is 280 g/mol. The van der Waals surface area contributed by atoms with Crippen molar-refractivity contribution >= 4 is 17.6 Å². The topological polar surface area (TPSA) is 59.7 Å². The lowest BCUT2D eigenvalue weighted by atomic mass is 10.2. The molecule has 1 N–H and O–H groups in total. The maximum Gasteiger partial charge on any atom is 0.371 e. The Bertz CT molecular complexity index is 603. The van der Waals surface area contributed by atoms with Gasteiger partial charge >= 0.3 is 5.97 Å². The van der Waals surface area contributed by atoms with E-state index in [4.69, 9.17) is 25.9 Å². The molecule has 4 nitrogen and oxygen atoms in total. The number of aromatic carboxylic acids is 1. The lowest BCUT2D eigenvalue weighted by Crippen LogP contribution is -2.03. The van der Waals surface area contributed by atoms with Gasteiger partial charge in [0.15, 0.2) is 6.10 Å². The van der Waals surface area contributed by atoms with Gasteiger partial charge in [0, 0.05) is 5.02 Å². The van der Waals surface area contributed by atoms with Crippen LogP contribution in [0.2, 0.25) is 5.02 Å². The molecule has 5 heteroatoms. The molecule has 0 spiro atoms. The molecule has 2 aromatic rings. The van der Waals surface area contributed by atoms with Gasteiger partial charge < -0.3 is 14.3 Å². The van der Waals surface area contributed by atoms with Gasteiger partial charge in [-0.15, -0.1) is 0 Å². The highest BCUT2D eigenvalue weighted by molar-refractivity contribution is 6.30. The molecule has 0 amide bonds. The standard InChI is InChI=1S/C14H13ClO4/c1-8-3-4-10(15)7-13(8)18-9(2)11-5-6-12(19-11)14(16)17/h3-7,9H,1-2H3,(H,16,17). The van der Waals surface area contributed by atoms with Crippen LogP contribution in [0.3, 0.4) is 0 Å². The van der Waals surface area contributed by atoms with Gasteiger partial charge in [0.25, 0.3) is 0 Å². The van der Waals surface area contributed by atoms with Crippen LogP contribution in [0.25, 0.3) is 0 Å². The number of ether oxygens (including phenoxy) is 1. The number of hydrogen-bond donors (Lipinski definition) is 1. The number of carboxylic acid groups (broad SMARTS) is 1. The summed E-state index contributed by atoms with van der Waals surface area (Å²) in [4.78, 5) is 10.7. The van der Waals surface area contributed by atoms with Crippen molar-refractivity contribution in [3.05, 3.63) is 52.4 Å². The van der Waals surface area contributed by atoms with Crippen LogP contribution in [0.15, 0.2) is 34.7 Å². The fourth-order valence-corrected chi connectivity index (χ4v) is 1.80. The molecule has 0 aliphatic rings. The summed E-state index contributed by atoms with van der Waals surface area (Å²) in [5.74, 6) is -0.101. The molecule has 0 fully saturated rings. The highest BCUT2D eigenvalue weighted by Crippen LogP contribution is 2.28. The third kappa shape index (κ3) is 3.09. The number of benzene rings is 1. The average Bonchev–Trinajstić information content (AvgIpc) is 2.83. The Hall–Kier alpha value is -1.94. The minimum atomic E-state index is -1.10. The SMILES string of the molecule is Cc1ccc(Cl)cc1OC(C)c1ccc(C(=O)O)o1. The normalized spacial score (nSPS) is 12.2. The molecule has 1 atom stereocenters. The zero-order chi connectivity index (χ0) is 14.0. The second-order valence-corrected chi connectivity index (χ2v) is 4.61. The molecule has 1 heterocycles. The van der Waals surface area contributed by atoms with E-state index in [0.29, 0.717) is 16.5 Å². The lowest BCUT2D eigenvalue weighted by molar-refractivity contribution is 0.0655. The molecular weight excluding hydrogens is 268 g/mol.